The number of piperazine rings is 1. The van der Waals surface area contributed by atoms with Crippen molar-refractivity contribution in [2.24, 2.45) is 0 Å². The molecule has 1 saturated heterocycles. The number of nitrogens with one attached hydrogen (secondary N) is 2. The third kappa shape index (κ3) is 3.68. The highest BCUT2D eigenvalue weighted by Gasteiger charge is 2.19. The summed E-state index contributed by atoms with van der Waals surface area (Å²) >= 11 is 0. The van der Waals surface area contributed by atoms with E-state index in [4.69, 9.17) is 4.74 Å². The van der Waals surface area contributed by atoms with Gasteiger partial charge in [-0.05, 0) is 31.3 Å². The first kappa shape index (κ1) is 13.8. The van der Waals surface area contributed by atoms with Crippen LogP contribution in [-0.2, 0) is 0 Å². The Kier molecular flexibility index (Phi) is 4.76. The number of amides is 1. The number of likely N-dealkylation sites (N-methyl/N-ethyl adjacent to an activating group) is 1. The maximum atomic E-state index is 12.0. The molecule has 104 valence electrons. The normalized spacial score (nSPS) is 20.0. The minimum absolute atomic E-state index is 0.0402. The minimum Gasteiger partial charge on any atom is -0.497 e. The largest absolute Gasteiger partial charge is 0.497 e. The van der Waals surface area contributed by atoms with Crippen molar-refractivity contribution >= 4 is 5.91 Å². The van der Waals surface area contributed by atoms with Crippen molar-refractivity contribution in [3.63, 3.8) is 0 Å². The lowest BCUT2D eigenvalue weighted by Gasteiger charge is -2.33. The summed E-state index contributed by atoms with van der Waals surface area (Å²) in [6.45, 7) is 3.61. The number of nitrogens with zero attached hydrogens (tertiary/aromatic N) is 1. The van der Waals surface area contributed by atoms with Gasteiger partial charge in [-0.15, -0.1) is 0 Å². The molecular weight excluding hydrogens is 242 g/mol. The molecule has 0 bridgehead atoms. The summed E-state index contributed by atoms with van der Waals surface area (Å²) in [5, 5.41) is 6.31. The Labute approximate surface area is 113 Å². The first-order valence-electron chi connectivity index (χ1n) is 6.54. The minimum atomic E-state index is -0.0402. The van der Waals surface area contributed by atoms with Crippen LogP contribution >= 0.6 is 0 Å². The van der Waals surface area contributed by atoms with Crippen molar-refractivity contribution < 1.29 is 9.53 Å². The predicted molar refractivity (Wildman–Crippen MR) is 74.6 cm³/mol. The zero-order valence-corrected chi connectivity index (χ0v) is 11.5. The van der Waals surface area contributed by atoms with E-state index in [-0.39, 0.29) is 5.91 Å². The summed E-state index contributed by atoms with van der Waals surface area (Å²) in [6, 6.07) is 7.50. The molecule has 1 atom stereocenters. The van der Waals surface area contributed by atoms with Gasteiger partial charge < -0.3 is 15.4 Å². The monoisotopic (exact) mass is 263 g/mol. The lowest BCUT2D eigenvalue weighted by molar-refractivity contribution is 0.0933. The third-order valence-electron chi connectivity index (χ3n) is 3.50. The average molecular weight is 263 g/mol. The van der Waals surface area contributed by atoms with Gasteiger partial charge in [-0.2, -0.15) is 0 Å². The molecule has 0 aromatic heterocycles. The summed E-state index contributed by atoms with van der Waals surface area (Å²) < 4.78 is 5.07. The first-order chi connectivity index (χ1) is 9.20. The summed E-state index contributed by atoms with van der Waals surface area (Å²) in [5.74, 6) is 0.717. The zero-order chi connectivity index (χ0) is 13.7. The molecule has 0 spiro atoms. The second-order valence-corrected chi connectivity index (χ2v) is 4.78. The van der Waals surface area contributed by atoms with E-state index < -0.39 is 0 Å². The van der Waals surface area contributed by atoms with Crippen LogP contribution in [0.25, 0.3) is 0 Å². The van der Waals surface area contributed by atoms with E-state index in [9.17, 15) is 4.79 Å². The molecule has 1 unspecified atom stereocenters. The van der Waals surface area contributed by atoms with Crippen LogP contribution < -0.4 is 15.4 Å². The van der Waals surface area contributed by atoms with Gasteiger partial charge in [0.15, 0.2) is 0 Å². The molecular formula is C14H21N3O2. The number of hydrogen-bond acceptors (Lipinski definition) is 4. The van der Waals surface area contributed by atoms with Crippen LogP contribution in [0.4, 0.5) is 0 Å². The van der Waals surface area contributed by atoms with Crippen molar-refractivity contribution in [2.45, 2.75) is 6.04 Å². The molecule has 1 fully saturated rings. The van der Waals surface area contributed by atoms with Crippen LogP contribution in [-0.4, -0.2) is 57.2 Å². The maximum Gasteiger partial charge on any atom is 0.251 e. The third-order valence-corrected chi connectivity index (χ3v) is 3.50. The average Bonchev–Trinajstić information content (AvgIpc) is 2.46. The van der Waals surface area contributed by atoms with Gasteiger partial charge >= 0.3 is 0 Å². The molecule has 5 heteroatoms. The van der Waals surface area contributed by atoms with Gasteiger partial charge in [0.1, 0.15) is 5.75 Å². The highest BCUT2D eigenvalue weighted by atomic mass is 16.5. The van der Waals surface area contributed by atoms with Crippen molar-refractivity contribution in [3.05, 3.63) is 29.8 Å². The molecule has 5 nitrogen and oxygen atoms in total. The van der Waals surface area contributed by atoms with Gasteiger partial charge in [-0.25, -0.2) is 0 Å². The summed E-state index contributed by atoms with van der Waals surface area (Å²) in [4.78, 5) is 14.3. The molecule has 0 radical (unpaired) electrons. The summed E-state index contributed by atoms with van der Waals surface area (Å²) in [6.07, 6.45) is 0. The molecule has 1 aliphatic heterocycles. The van der Waals surface area contributed by atoms with Gasteiger partial charge in [0.05, 0.1) is 7.11 Å². The van der Waals surface area contributed by atoms with E-state index in [1.54, 1.807) is 31.4 Å². The SMILES string of the molecule is COc1ccc(C(=O)NCC2CNCCN2C)cc1. The van der Waals surface area contributed by atoms with Crippen LogP contribution in [0.5, 0.6) is 5.75 Å². The van der Waals surface area contributed by atoms with E-state index in [1.807, 2.05) is 0 Å². The van der Waals surface area contributed by atoms with Crippen molar-refractivity contribution in [3.8, 4) is 5.75 Å². The van der Waals surface area contributed by atoms with Crippen LogP contribution in [0.15, 0.2) is 24.3 Å². The van der Waals surface area contributed by atoms with Gasteiger partial charge in [0.2, 0.25) is 0 Å². The Morgan fingerprint density at radius 3 is 2.84 bits per heavy atom. The molecule has 1 aromatic carbocycles. The predicted octanol–water partition coefficient (Wildman–Crippen LogP) is 0.329. The second kappa shape index (κ2) is 6.54. The topological polar surface area (TPSA) is 53.6 Å². The number of hydrogen-bond donors (Lipinski definition) is 2. The van der Waals surface area contributed by atoms with E-state index in [0.29, 0.717) is 18.2 Å². The molecule has 0 aliphatic carbocycles. The van der Waals surface area contributed by atoms with Crippen molar-refractivity contribution in [1.29, 1.82) is 0 Å². The standard InChI is InChI=1S/C14H21N3O2/c1-17-8-7-15-9-12(17)10-16-14(18)11-3-5-13(19-2)6-4-11/h3-6,12,15H,7-10H2,1-2H3,(H,16,18). The molecule has 2 N–H and O–H groups in total. The second-order valence-electron chi connectivity index (χ2n) is 4.78. The van der Waals surface area contributed by atoms with Crippen molar-refractivity contribution in [1.82, 2.24) is 15.5 Å². The van der Waals surface area contributed by atoms with Crippen LogP contribution in [0, 0.1) is 0 Å². The Morgan fingerprint density at radius 1 is 1.47 bits per heavy atom. The molecule has 1 heterocycles. The fourth-order valence-electron chi connectivity index (χ4n) is 2.15. The van der Waals surface area contributed by atoms with Gasteiger partial charge in [0, 0.05) is 37.8 Å². The van der Waals surface area contributed by atoms with Gasteiger partial charge in [-0.3, -0.25) is 9.69 Å². The molecule has 19 heavy (non-hydrogen) atoms. The lowest BCUT2D eigenvalue weighted by atomic mass is 10.1. The van der Waals surface area contributed by atoms with Crippen molar-refractivity contribution in [2.75, 3.05) is 40.3 Å². The quantitative estimate of drug-likeness (QED) is 0.822. The Hall–Kier alpha value is -1.59. The first-order valence-corrected chi connectivity index (χ1v) is 6.54. The summed E-state index contributed by atoms with van der Waals surface area (Å²) in [5.41, 5.74) is 0.659. The van der Waals surface area contributed by atoms with E-state index in [0.717, 1.165) is 25.4 Å². The molecule has 0 saturated carbocycles. The maximum absolute atomic E-state index is 12.0. The highest BCUT2D eigenvalue weighted by Crippen LogP contribution is 2.11. The van der Waals surface area contributed by atoms with Crippen LogP contribution in [0.2, 0.25) is 0 Å². The Morgan fingerprint density at radius 2 is 2.21 bits per heavy atom. The van der Waals surface area contributed by atoms with Gasteiger partial charge in [-0.1, -0.05) is 0 Å². The molecule has 1 amide bonds. The Bertz CT molecular complexity index is 419. The number of rotatable bonds is 4. The fraction of sp³-hybridized carbons (Fsp3) is 0.500. The number of ether oxygens (including phenoxy) is 1. The molecule has 1 aromatic rings. The zero-order valence-electron chi connectivity index (χ0n) is 11.5. The van der Waals surface area contributed by atoms with Crippen LogP contribution in [0.3, 0.4) is 0 Å². The van der Waals surface area contributed by atoms with Crippen LogP contribution in [0.1, 0.15) is 10.4 Å². The lowest BCUT2D eigenvalue weighted by Crippen LogP contribution is -2.53. The van der Waals surface area contributed by atoms with E-state index in [2.05, 4.69) is 22.6 Å². The van der Waals surface area contributed by atoms with E-state index >= 15 is 0 Å². The van der Waals surface area contributed by atoms with E-state index in [1.165, 1.54) is 0 Å². The smallest absolute Gasteiger partial charge is 0.251 e. The highest BCUT2D eigenvalue weighted by molar-refractivity contribution is 5.94. The molecule has 1 aliphatic rings. The number of benzene rings is 1. The molecule has 2 rings (SSSR count). The fourth-order valence-corrected chi connectivity index (χ4v) is 2.15. The van der Waals surface area contributed by atoms with Gasteiger partial charge in [0.25, 0.3) is 5.91 Å². The Balaban J connectivity index is 1.86. The number of carbonyl (C=O) groups excluding carboxylic acids is 1. The number of carbonyl (C=O) groups is 1. The number of methoxy groups -OCH3 is 1. The summed E-state index contributed by atoms with van der Waals surface area (Å²) in [7, 11) is 3.70.